The number of aryl methyl sites for hydroxylation is 2. The van der Waals surface area contributed by atoms with E-state index in [9.17, 15) is 9.59 Å². The van der Waals surface area contributed by atoms with E-state index in [1.165, 1.54) is 4.57 Å². The molecule has 0 aliphatic heterocycles. The Kier molecular flexibility index (Phi) is 5.24. The first kappa shape index (κ1) is 21.6. The molecule has 0 fully saturated rings. The van der Waals surface area contributed by atoms with E-state index in [0.717, 1.165) is 22.0 Å². The van der Waals surface area contributed by atoms with Crippen molar-refractivity contribution in [2.45, 2.75) is 13.5 Å². The molecule has 172 valence electrons. The summed E-state index contributed by atoms with van der Waals surface area (Å²) in [5.41, 5.74) is 3.43. The first-order chi connectivity index (χ1) is 16.4. The highest BCUT2D eigenvalue weighted by atomic mass is 16.5. The summed E-state index contributed by atoms with van der Waals surface area (Å²) in [4.78, 5) is 27.8. The van der Waals surface area contributed by atoms with Crippen molar-refractivity contribution < 1.29 is 9.47 Å². The molecule has 0 radical (unpaired) electrons. The Labute approximate surface area is 196 Å². The van der Waals surface area contributed by atoms with Crippen molar-refractivity contribution in [3.63, 3.8) is 0 Å². The van der Waals surface area contributed by atoms with Gasteiger partial charge in [0.2, 0.25) is 0 Å². The van der Waals surface area contributed by atoms with Crippen LogP contribution in [0.5, 0.6) is 11.5 Å². The summed E-state index contributed by atoms with van der Waals surface area (Å²) in [6.07, 6.45) is 0. The monoisotopic (exact) mass is 455 g/mol. The van der Waals surface area contributed by atoms with Gasteiger partial charge in [0, 0.05) is 12.4 Å². The molecule has 0 aliphatic carbocycles. The molecule has 0 saturated heterocycles. The van der Waals surface area contributed by atoms with Crippen LogP contribution in [0.3, 0.4) is 0 Å². The van der Waals surface area contributed by atoms with Crippen LogP contribution in [0.2, 0.25) is 0 Å². The van der Waals surface area contributed by atoms with Crippen molar-refractivity contribution in [1.82, 2.24) is 13.7 Å². The van der Waals surface area contributed by atoms with Crippen molar-refractivity contribution in [3.05, 3.63) is 98.7 Å². The Morgan fingerprint density at radius 3 is 2.29 bits per heavy atom. The van der Waals surface area contributed by atoms with E-state index in [2.05, 4.69) is 0 Å². The van der Waals surface area contributed by atoms with Gasteiger partial charge in [-0.2, -0.15) is 0 Å². The lowest BCUT2D eigenvalue weighted by Gasteiger charge is -2.15. The van der Waals surface area contributed by atoms with Crippen LogP contribution in [0.1, 0.15) is 11.1 Å². The number of benzene rings is 3. The molecule has 0 atom stereocenters. The van der Waals surface area contributed by atoms with Crippen LogP contribution in [0.4, 0.5) is 0 Å². The first-order valence-corrected chi connectivity index (χ1v) is 11.0. The van der Waals surface area contributed by atoms with Gasteiger partial charge in [-0.05, 0) is 54.4 Å². The van der Waals surface area contributed by atoms with E-state index in [4.69, 9.17) is 9.47 Å². The molecular weight excluding hydrogens is 430 g/mol. The van der Waals surface area contributed by atoms with Gasteiger partial charge in [-0.15, -0.1) is 0 Å². The predicted molar refractivity (Wildman–Crippen MR) is 134 cm³/mol. The molecule has 0 spiro atoms. The zero-order valence-corrected chi connectivity index (χ0v) is 19.5. The fraction of sp³-hybridized carbons (Fsp3) is 0.185. The highest BCUT2D eigenvalue weighted by Crippen LogP contribution is 2.30. The van der Waals surface area contributed by atoms with Crippen molar-refractivity contribution in [3.8, 4) is 17.2 Å². The Bertz CT molecular complexity index is 1670. The lowest BCUT2D eigenvalue weighted by atomic mass is 10.1. The van der Waals surface area contributed by atoms with E-state index in [-0.39, 0.29) is 12.1 Å². The Morgan fingerprint density at radius 2 is 1.56 bits per heavy atom. The minimum absolute atomic E-state index is 0.273. The number of fused-ring (bicyclic) bond motifs is 3. The van der Waals surface area contributed by atoms with E-state index in [0.29, 0.717) is 28.2 Å². The van der Waals surface area contributed by atoms with Gasteiger partial charge in [0.15, 0.2) is 0 Å². The van der Waals surface area contributed by atoms with Crippen LogP contribution < -0.4 is 20.7 Å². The van der Waals surface area contributed by atoms with Crippen molar-refractivity contribution in [2.24, 2.45) is 7.05 Å². The fourth-order valence-electron chi connectivity index (χ4n) is 4.59. The van der Waals surface area contributed by atoms with E-state index < -0.39 is 5.69 Å². The number of ether oxygens (including phenoxy) is 2. The minimum Gasteiger partial charge on any atom is -0.497 e. The van der Waals surface area contributed by atoms with Gasteiger partial charge >= 0.3 is 5.69 Å². The Hall–Kier alpha value is -4.26. The number of hydrogen-bond donors (Lipinski definition) is 0. The summed E-state index contributed by atoms with van der Waals surface area (Å²) in [7, 11) is 5.06. The van der Waals surface area contributed by atoms with E-state index in [1.54, 1.807) is 24.9 Å². The highest BCUT2D eigenvalue weighted by molar-refractivity contribution is 6.06. The third kappa shape index (κ3) is 3.28. The maximum absolute atomic E-state index is 14.0. The van der Waals surface area contributed by atoms with Gasteiger partial charge < -0.3 is 14.0 Å². The molecule has 34 heavy (non-hydrogen) atoms. The van der Waals surface area contributed by atoms with E-state index >= 15 is 0 Å². The van der Waals surface area contributed by atoms with Gasteiger partial charge in [0.05, 0.1) is 37.5 Å². The molecule has 5 rings (SSSR count). The molecule has 0 unspecified atom stereocenters. The van der Waals surface area contributed by atoms with Crippen molar-refractivity contribution in [1.29, 1.82) is 0 Å². The zero-order valence-electron chi connectivity index (χ0n) is 19.5. The number of para-hydroxylation sites is 1. The molecule has 0 N–H and O–H groups in total. The minimum atomic E-state index is -0.398. The molecule has 0 aliphatic rings. The average molecular weight is 456 g/mol. The van der Waals surface area contributed by atoms with Gasteiger partial charge in [0.25, 0.3) is 5.56 Å². The summed E-state index contributed by atoms with van der Waals surface area (Å²) >= 11 is 0. The summed E-state index contributed by atoms with van der Waals surface area (Å²) in [6.45, 7) is 2.17. The van der Waals surface area contributed by atoms with Crippen LogP contribution in [0.15, 0.2) is 76.3 Å². The van der Waals surface area contributed by atoms with E-state index in [1.807, 2.05) is 79.2 Å². The van der Waals surface area contributed by atoms with Crippen LogP contribution in [0, 0.1) is 6.92 Å². The average Bonchev–Trinajstić information content (AvgIpc) is 3.15. The van der Waals surface area contributed by atoms with Crippen molar-refractivity contribution >= 4 is 21.9 Å². The van der Waals surface area contributed by atoms with Crippen LogP contribution in [0.25, 0.3) is 27.6 Å². The number of aromatic nitrogens is 3. The SMILES string of the molecule is COc1cccc(Cn2c(=O)n(-c3ccccc3C)c(=O)c3c2c2cc(OC)ccc2n3C)c1. The lowest BCUT2D eigenvalue weighted by molar-refractivity contribution is 0.414. The second kappa shape index (κ2) is 8.26. The molecule has 7 nitrogen and oxygen atoms in total. The smallest absolute Gasteiger partial charge is 0.336 e. The topological polar surface area (TPSA) is 67.4 Å². The maximum Gasteiger partial charge on any atom is 0.336 e. The van der Waals surface area contributed by atoms with Gasteiger partial charge in [-0.25, -0.2) is 9.36 Å². The number of methoxy groups -OCH3 is 2. The molecule has 3 aromatic carbocycles. The van der Waals surface area contributed by atoms with Gasteiger partial charge in [-0.1, -0.05) is 30.3 Å². The molecule has 2 heterocycles. The van der Waals surface area contributed by atoms with Gasteiger partial charge in [-0.3, -0.25) is 9.36 Å². The summed E-state index contributed by atoms with van der Waals surface area (Å²) in [5.74, 6) is 1.36. The summed E-state index contributed by atoms with van der Waals surface area (Å²) in [6, 6.07) is 20.6. The van der Waals surface area contributed by atoms with Crippen LogP contribution >= 0.6 is 0 Å². The maximum atomic E-state index is 14.0. The highest BCUT2D eigenvalue weighted by Gasteiger charge is 2.22. The van der Waals surface area contributed by atoms with Crippen molar-refractivity contribution in [2.75, 3.05) is 14.2 Å². The molecule has 5 aromatic rings. The summed E-state index contributed by atoms with van der Waals surface area (Å²) in [5, 5.41) is 0.783. The normalized spacial score (nSPS) is 11.3. The van der Waals surface area contributed by atoms with Crippen LogP contribution in [-0.2, 0) is 13.6 Å². The fourth-order valence-corrected chi connectivity index (χ4v) is 4.59. The first-order valence-electron chi connectivity index (χ1n) is 11.0. The second-order valence-corrected chi connectivity index (χ2v) is 8.29. The molecule has 7 heteroatoms. The zero-order chi connectivity index (χ0) is 24.0. The Morgan fingerprint density at radius 1 is 0.824 bits per heavy atom. The summed E-state index contributed by atoms with van der Waals surface area (Å²) < 4.78 is 15.6. The molecule has 0 saturated carbocycles. The third-order valence-electron chi connectivity index (χ3n) is 6.31. The van der Waals surface area contributed by atoms with Gasteiger partial charge in [0.1, 0.15) is 17.0 Å². The molecule has 0 bridgehead atoms. The third-order valence-corrected chi connectivity index (χ3v) is 6.31. The number of nitrogens with zero attached hydrogens (tertiary/aromatic N) is 3. The molecule has 0 amide bonds. The number of rotatable bonds is 5. The van der Waals surface area contributed by atoms with Crippen LogP contribution in [-0.4, -0.2) is 27.9 Å². The molecular formula is C27H25N3O4. The largest absolute Gasteiger partial charge is 0.497 e. The number of hydrogen-bond acceptors (Lipinski definition) is 4. The quantitative estimate of drug-likeness (QED) is 0.402. The second-order valence-electron chi connectivity index (χ2n) is 8.29. The molecule has 2 aromatic heterocycles. The lowest BCUT2D eigenvalue weighted by Crippen LogP contribution is -2.39. The predicted octanol–water partition coefficient (Wildman–Crippen LogP) is 4.02. The Balaban J connectivity index is 1.94. The standard InChI is InChI=1S/C27H25N3O4/c1-17-8-5-6-11-22(17)30-26(31)25-24(21-15-20(34-4)12-13-23(21)28(25)2)29(27(30)32)16-18-9-7-10-19(14-18)33-3/h5-15H,16H2,1-4H3.